The smallest absolute Gasteiger partial charge is 0.335 e. The lowest BCUT2D eigenvalue weighted by atomic mass is 10.3. The fraction of sp³-hybridized carbons (Fsp3) is 0.625. The number of carbonyl (C=O) groups is 2. The molecule has 0 aliphatic heterocycles. The van der Waals surface area contributed by atoms with E-state index >= 15 is 0 Å². The van der Waals surface area contributed by atoms with Crippen molar-refractivity contribution >= 4 is 11.9 Å². The zero-order valence-corrected chi connectivity index (χ0v) is 13.8. The first kappa shape index (κ1) is 20.3. The number of carbonyl (C=O) groups excluding carboxylic acids is 2. The van der Waals surface area contributed by atoms with Crippen LogP contribution in [-0.4, -0.2) is 50.6 Å². The van der Waals surface area contributed by atoms with Crippen molar-refractivity contribution in [3.05, 3.63) is 24.3 Å². The zero-order valence-electron chi connectivity index (χ0n) is 13.8. The monoisotopic (exact) mass is 314 g/mol. The Labute approximate surface area is 132 Å². The zero-order chi connectivity index (χ0) is 17.1. The van der Waals surface area contributed by atoms with E-state index in [1.807, 2.05) is 0 Å². The summed E-state index contributed by atoms with van der Waals surface area (Å²) in [7, 11) is 0. The van der Waals surface area contributed by atoms with Crippen molar-refractivity contribution in [3.63, 3.8) is 0 Å². The second-order valence-corrected chi connectivity index (χ2v) is 5.16. The second kappa shape index (κ2) is 11.0. The Morgan fingerprint density at radius 3 is 1.41 bits per heavy atom. The van der Waals surface area contributed by atoms with Gasteiger partial charge in [-0.05, 0) is 27.7 Å². The summed E-state index contributed by atoms with van der Waals surface area (Å²) in [6.07, 6.45) is -1.38. The van der Waals surface area contributed by atoms with Gasteiger partial charge >= 0.3 is 11.9 Å². The highest BCUT2D eigenvalue weighted by molar-refractivity contribution is 5.75. The highest BCUT2D eigenvalue weighted by Crippen LogP contribution is 2.00. The Balaban J connectivity index is 3.82. The van der Waals surface area contributed by atoms with E-state index in [-0.39, 0.29) is 13.2 Å². The molecule has 0 bridgehead atoms. The van der Waals surface area contributed by atoms with Crippen LogP contribution in [0.25, 0.3) is 0 Å². The molecule has 0 aromatic rings. The molecule has 126 valence electrons. The van der Waals surface area contributed by atoms with E-state index < -0.39 is 24.1 Å². The first-order chi connectivity index (χ1) is 10.2. The average molecular weight is 314 g/mol. The second-order valence-electron chi connectivity index (χ2n) is 5.16. The number of hydrogen-bond donors (Lipinski definition) is 0. The lowest BCUT2D eigenvalue weighted by Crippen LogP contribution is -2.28. The molecule has 0 spiro atoms. The minimum atomic E-state index is -0.690. The van der Waals surface area contributed by atoms with Crippen molar-refractivity contribution in [3.8, 4) is 0 Å². The number of esters is 2. The van der Waals surface area contributed by atoms with Crippen molar-refractivity contribution in [2.75, 3.05) is 26.4 Å². The molecule has 22 heavy (non-hydrogen) atoms. The molecule has 0 saturated heterocycles. The van der Waals surface area contributed by atoms with Crippen molar-refractivity contribution in [2.24, 2.45) is 0 Å². The minimum Gasteiger partial charge on any atom is -0.460 e. The third-order valence-corrected chi connectivity index (χ3v) is 2.40. The van der Waals surface area contributed by atoms with E-state index in [2.05, 4.69) is 13.2 Å². The molecule has 0 radical (unpaired) electrons. The summed E-state index contributed by atoms with van der Waals surface area (Å²) in [6, 6.07) is 0. The highest BCUT2D eigenvalue weighted by atomic mass is 16.6. The van der Waals surface area contributed by atoms with Gasteiger partial charge in [0.1, 0.15) is 13.2 Å². The van der Waals surface area contributed by atoms with Crippen molar-refractivity contribution < 1.29 is 28.5 Å². The van der Waals surface area contributed by atoms with Crippen LogP contribution in [0.4, 0.5) is 0 Å². The van der Waals surface area contributed by atoms with Gasteiger partial charge in [-0.1, -0.05) is 24.3 Å². The quantitative estimate of drug-likeness (QED) is 0.330. The molecule has 0 heterocycles. The molecule has 2 atom stereocenters. The van der Waals surface area contributed by atoms with Crippen LogP contribution in [-0.2, 0) is 28.5 Å². The van der Waals surface area contributed by atoms with Gasteiger partial charge in [0.15, 0.2) is 12.2 Å². The third-order valence-electron chi connectivity index (χ3n) is 2.40. The molecule has 2 unspecified atom stereocenters. The number of rotatable bonds is 11. The Morgan fingerprint density at radius 1 is 0.818 bits per heavy atom. The summed E-state index contributed by atoms with van der Waals surface area (Å²) in [5.41, 5.74) is 1.63. The molecule has 0 aromatic carbocycles. The maximum absolute atomic E-state index is 11.6. The van der Waals surface area contributed by atoms with E-state index in [4.69, 9.17) is 18.9 Å². The van der Waals surface area contributed by atoms with Gasteiger partial charge in [0, 0.05) is 0 Å². The first-order valence-electron chi connectivity index (χ1n) is 7.09. The molecule has 0 aliphatic carbocycles. The molecule has 0 amide bonds. The summed E-state index contributed by atoms with van der Waals surface area (Å²) >= 11 is 0. The Hall–Kier alpha value is -1.66. The standard InChI is InChI=1S/C16H26O6/c1-11(2)9-21-13(5)15(17)19-7-8-20-16(18)14(6)22-10-12(3)4/h13-14H,1,3,7-10H2,2,4-6H3. The van der Waals surface area contributed by atoms with E-state index in [1.54, 1.807) is 27.7 Å². The van der Waals surface area contributed by atoms with Gasteiger partial charge < -0.3 is 18.9 Å². The predicted octanol–water partition coefficient (Wildman–Crippen LogP) is 2.04. The number of ether oxygens (including phenoxy) is 4. The number of hydrogen-bond acceptors (Lipinski definition) is 6. The van der Waals surface area contributed by atoms with Gasteiger partial charge in [-0.15, -0.1) is 0 Å². The van der Waals surface area contributed by atoms with Gasteiger partial charge in [0.05, 0.1) is 13.2 Å². The summed E-state index contributed by atoms with van der Waals surface area (Å²) in [4.78, 5) is 23.1. The predicted molar refractivity (Wildman–Crippen MR) is 82.4 cm³/mol. The van der Waals surface area contributed by atoms with Crippen LogP contribution in [0, 0.1) is 0 Å². The first-order valence-corrected chi connectivity index (χ1v) is 7.09. The van der Waals surface area contributed by atoms with Crippen molar-refractivity contribution in [2.45, 2.75) is 39.9 Å². The maximum atomic E-state index is 11.6. The molecule has 0 saturated carbocycles. The molecule has 0 rings (SSSR count). The lowest BCUT2D eigenvalue weighted by Gasteiger charge is -2.14. The van der Waals surface area contributed by atoms with E-state index in [0.29, 0.717) is 13.2 Å². The van der Waals surface area contributed by atoms with Crippen LogP contribution in [0.15, 0.2) is 24.3 Å². The molecular weight excluding hydrogens is 288 g/mol. The van der Waals surface area contributed by atoms with Gasteiger partial charge in [-0.2, -0.15) is 0 Å². The molecule has 0 aliphatic rings. The van der Waals surface area contributed by atoms with E-state index in [0.717, 1.165) is 11.1 Å². The molecule has 0 aromatic heterocycles. The van der Waals surface area contributed by atoms with Crippen LogP contribution in [0.5, 0.6) is 0 Å². The fourth-order valence-electron chi connectivity index (χ4n) is 1.19. The SMILES string of the molecule is C=C(C)COC(C)C(=O)OCCOC(=O)C(C)OCC(=C)C. The van der Waals surface area contributed by atoms with Crippen LogP contribution in [0.2, 0.25) is 0 Å². The van der Waals surface area contributed by atoms with E-state index in [1.165, 1.54) is 0 Å². The lowest BCUT2D eigenvalue weighted by molar-refractivity contribution is -0.164. The average Bonchev–Trinajstić information content (AvgIpc) is 2.45. The fourth-order valence-corrected chi connectivity index (χ4v) is 1.19. The Morgan fingerprint density at radius 2 is 1.14 bits per heavy atom. The third kappa shape index (κ3) is 10.1. The van der Waals surface area contributed by atoms with Gasteiger partial charge in [-0.25, -0.2) is 9.59 Å². The van der Waals surface area contributed by atoms with Crippen LogP contribution >= 0.6 is 0 Å². The van der Waals surface area contributed by atoms with Crippen LogP contribution in [0.3, 0.4) is 0 Å². The minimum absolute atomic E-state index is 0.0292. The summed E-state index contributed by atoms with van der Waals surface area (Å²) < 4.78 is 20.3. The molecule has 0 fully saturated rings. The van der Waals surface area contributed by atoms with Gasteiger partial charge in [-0.3, -0.25) is 0 Å². The van der Waals surface area contributed by atoms with Crippen molar-refractivity contribution in [1.82, 2.24) is 0 Å². The largest absolute Gasteiger partial charge is 0.460 e. The Kier molecular flexibility index (Phi) is 10.2. The van der Waals surface area contributed by atoms with E-state index in [9.17, 15) is 9.59 Å². The molecular formula is C16H26O6. The van der Waals surface area contributed by atoms with Gasteiger partial charge in [0.2, 0.25) is 0 Å². The topological polar surface area (TPSA) is 71.1 Å². The molecule has 6 heteroatoms. The maximum Gasteiger partial charge on any atom is 0.335 e. The van der Waals surface area contributed by atoms with Gasteiger partial charge in [0.25, 0.3) is 0 Å². The molecule has 0 N–H and O–H groups in total. The van der Waals surface area contributed by atoms with Crippen LogP contribution < -0.4 is 0 Å². The highest BCUT2D eigenvalue weighted by Gasteiger charge is 2.17. The summed E-state index contributed by atoms with van der Waals surface area (Å²) in [6.45, 7) is 14.7. The molecule has 6 nitrogen and oxygen atoms in total. The van der Waals surface area contributed by atoms with Crippen molar-refractivity contribution in [1.29, 1.82) is 0 Å². The van der Waals surface area contributed by atoms with Crippen LogP contribution in [0.1, 0.15) is 27.7 Å². The Bertz CT molecular complexity index is 363. The summed E-state index contributed by atoms with van der Waals surface area (Å²) in [5.74, 6) is -1.02. The normalized spacial score (nSPS) is 13.1. The summed E-state index contributed by atoms with van der Waals surface area (Å²) in [5, 5.41) is 0.